The van der Waals surface area contributed by atoms with Gasteiger partial charge in [-0.15, -0.1) is 0 Å². The summed E-state index contributed by atoms with van der Waals surface area (Å²) >= 11 is 0. The highest BCUT2D eigenvalue weighted by molar-refractivity contribution is 5.94. The Bertz CT molecular complexity index is 1410. The maximum atomic E-state index is 14.1. The highest BCUT2D eigenvalue weighted by atomic mass is 19.1. The van der Waals surface area contributed by atoms with Crippen molar-refractivity contribution in [3.63, 3.8) is 0 Å². The van der Waals surface area contributed by atoms with Crippen molar-refractivity contribution in [2.75, 3.05) is 26.2 Å². The Labute approximate surface area is 203 Å². The van der Waals surface area contributed by atoms with Crippen LogP contribution < -0.4 is 5.56 Å². The van der Waals surface area contributed by atoms with Crippen molar-refractivity contribution >= 4 is 16.8 Å². The first-order chi connectivity index (χ1) is 17.0. The first-order valence-corrected chi connectivity index (χ1v) is 11.8. The average molecular weight is 471 g/mol. The fourth-order valence-electron chi connectivity index (χ4n) is 4.70. The third-order valence-corrected chi connectivity index (χ3v) is 6.70. The topological polar surface area (TPSA) is 58.4 Å². The first-order valence-electron chi connectivity index (χ1n) is 11.8. The summed E-state index contributed by atoms with van der Waals surface area (Å²) in [5.74, 6) is -0.0924. The molecule has 0 radical (unpaired) electrons. The minimum Gasteiger partial charge on any atom is -0.336 e. The summed E-state index contributed by atoms with van der Waals surface area (Å²) in [4.78, 5) is 35.1. The highest BCUT2D eigenvalue weighted by Crippen LogP contribution is 2.23. The number of amides is 1. The van der Waals surface area contributed by atoms with Crippen LogP contribution in [0.3, 0.4) is 0 Å². The quantitative estimate of drug-likeness (QED) is 0.441. The number of rotatable bonds is 5. The number of benzene rings is 3. The van der Waals surface area contributed by atoms with E-state index in [1.54, 1.807) is 21.6 Å². The molecule has 5 rings (SSSR count). The molecule has 0 N–H and O–H groups in total. The summed E-state index contributed by atoms with van der Waals surface area (Å²) in [5.41, 5.74) is 1.74. The van der Waals surface area contributed by atoms with Gasteiger partial charge in [0, 0.05) is 26.2 Å². The van der Waals surface area contributed by atoms with Crippen molar-refractivity contribution < 1.29 is 9.18 Å². The van der Waals surface area contributed by atoms with E-state index in [0.29, 0.717) is 49.5 Å². The van der Waals surface area contributed by atoms with E-state index in [-0.39, 0.29) is 23.1 Å². The number of para-hydroxylation sites is 1. The Kier molecular flexibility index (Phi) is 6.42. The minimum absolute atomic E-state index is 0.0605. The van der Waals surface area contributed by atoms with Crippen LogP contribution in [0.15, 0.2) is 83.7 Å². The molecule has 1 amide bonds. The van der Waals surface area contributed by atoms with Gasteiger partial charge in [-0.2, -0.15) is 0 Å². The van der Waals surface area contributed by atoms with Gasteiger partial charge >= 0.3 is 0 Å². The molecule has 35 heavy (non-hydrogen) atoms. The molecule has 0 saturated carbocycles. The zero-order valence-corrected chi connectivity index (χ0v) is 19.6. The predicted molar refractivity (Wildman–Crippen MR) is 134 cm³/mol. The van der Waals surface area contributed by atoms with Gasteiger partial charge in [0.25, 0.3) is 11.5 Å². The smallest absolute Gasteiger partial charge is 0.261 e. The van der Waals surface area contributed by atoms with Gasteiger partial charge in [0.05, 0.1) is 29.1 Å². The molecule has 4 aromatic rings. The SMILES string of the molecule is CC(c1nc2ccccc2c(=O)n1Cc1ccccc1)N1CCN(C(=O)c2ccccc2F)CC1. The first kappa shape index (κ1) is 22.9. The molecule has 1 aliphatic rings. The normalized spacial score (nSPS) is 15.3. The van der Waals surface area contributed by atoms with Gasteiger partial charge in [0.1, 0.15) is 11.6 Å². The molecule has 2 heterocycles. The molecule has 0 bridgehead atoms. The highest BCUT2D eigenvalue weighted by Gasteiger charge is 2.29. The summed E-state index contributed by atoms with van der Waals surface area (Å²) in [6, 6.07) is 23.3. The van der Waals surface area contributed by atoms with Crippen molar-refractivity contribution in [3.8, 4) is 0 Å². The summed E-state index contributed by atoms with van der Waals surface area (Å²) in [6.07, 6.45) is 0. The van der Waals surface area contributed by atoms with Gasteiger partial charge in [-0.3, -0.25) is 19.1 Å². The molecule has 0 spiro atoms. The van der Waals surface area contributed by atoms with Crippen molar-refractivity contribution in [3.05, 3.63) is 112 Å². The lowest BCUT2D eigenvalue weighted by molar-refractivity contribution is 0.0567. The Morgan fingerprint density at radius 3 is 2.31 bits per heavy atom. The van der Waals surface area contributed by atoms with Gasteiger partial charge in [-0.25, -0.2) is 9.37 Å². The minimum atomic E-state index is -0.501. The second-order valence-electron chi connectivity index (χ2n) is 8.85. The second kappa shape index (κ2) is 9.80. The van der Waals surface area contributed by atoms with Crippen molar-refractivity contribution in [1.82, 2.24) is 19.4 Å². The molecule has 0 aliphatic carbocycles. The lowest BCUT2D eigenvalue weighted by Gasteiger charge is -2.38. The van der Waals surface area contributed by atoms with Gasteiger partial charge in [-0.1, -0.05) is 54.6 Å². The molecule has 3 aromatic carbocycles. The third kappa shape index (κ3) is 4.59. The van der Waals surface area contributed by atoms with Gasteiger partial charge < -0.3 is 4.90 Å². The summed E-state index contributed by atoms with van der Waals surface area (Å²) < 4.78 is 15.9. The van der Waals surface area contributed by atoms with Crippen LogP contribution in [0, 0.1) is 5.82 Å². The zero-order chi connectivity index (χ0) is 24.4. The molecule has 1 aliphatic heterocycles. The van der Waals surface area contributed by atoms with Crippen LogP contribution in [-0.4, -0.2) is 51.4 Å². The summed E-state index contributed by atoms with van der Waals surface area (Å²) in [7, 11) is 0. The molecule has 1 atom stereocenters. The summed E-state index contributed by atoms with van der Waals surface area (Å²) in [5, 5.41) is 0.597. The average Bonchev–Trinajstić information content (AvgIpc) is 2.90. The third-order valence-electron chi connectivity index (χ3n) is 6.70. The van der Waals surface area contributed by atoms with Crippen LogP contribution in [0.5, 0.6) is 0 Å². The fraction of sp³-hybridized carbons (Fsp3) is 0.250. The van der Waals surface area contributed by atoms with Crippen LogP contribution in [0.4, 0.5) is 4.39 Å². The van der Waals surface area contributed by atoms with E-state index in [2.05, 4.69) is 4.90 Å². The van der Waals surface area contributed by atoms with E-state index in [1.165, 1.54) is 12.1 Å². The van der Waals surface area contributed by atoms with Crippen molar-refractivity contribution in [2.45, 2.75) is 19.5 Å². The molecule has 1 fully saturated rings. The number of hydrogen-bond donors (Lipinski definition) is 0. The van der Waals surface area contributed by atoms with Gasteiger partial charge in [-0.05, 0) is 36.8 Å². The number of fused-ring (bicyclic) bond motifs is 1. The van der Waals surface area contributed by atoms with E-state index in [0.717, 1.165) is 5.56 Å². The summed E-state index contributed by atoms with van der Waals surface area (Å²) in [6.45, 7) is 4.65. The van der Waals surface area contributed by atoms with E-state index in [1.807, 2.05) is 61.5 Å². The van der Waals surface area contributed by atoms with Crippen LogP contribution in [0.2, 0.25) is 0 Å². The largest absolute Gasteiger partial charge is 0.336 e. The fourth-order valence-corrected chi connectivity index (χ4v) is 4.70. The van der Waals surface area contributed by atoms with Gasteiger partial charge in [0.2, 0.25) is 0 Å². The van der Waals surface area contributed by atoms with Crippen molar-refractivity contribution in [2.24, 2.45) is 0 Å². The molecular formula is C28H27FN4O2. The van der Waals surface area contributed by atoms with E-state index >= 15 is 0 Å². The number of aromatic nitrogens is 2. The molecule has 1 aromatic heterocycles. The Balaban J connectivity index is 1.41. The van der Waals surface area contributed by atoms with Crippen LogP contribution in [-0.2, 0) is 6.54 Å². The number of hydrogen-bond acceptors (Lipinski definition) is 4. The molecule has 6 nitrogen and oxygen atoms in total. The Hall–Kier alpha value is -3.84. The monoisotopic (exact) mass is 470 g/mol. The number of carbonyl (C=O) groups excluding carboxylic acids is 1. The van der Waals surface area contributed by atoms with E-state index in [4.69, 9.17) is 4.98 Å². The van der Waals surface area contributed by atoms with Crippen LogP contribution in [0.1, 0.15) is 34.7 Å². The van der Waals surface area contributed by atoms with Gasteiger partial charge in [0.15, 0.2) is 0 Å². The maximum absolute atomic E-state index is 14.1. The van der Waals surface area contributed by atoms with Crippen LogP contribution >= 0.6 is 0 Å². The van der Waals surface area contributed by atoms with E-state index in [9.17, 15) is 14.0 Å². The molecule has 7 heteroatoms. The Morgan fingerprint density at radius 2 is 1.57 bits per heavy atom. The zero-order valence-electron chi connectivity index (χ0n) is 19.6. The lowest BCUT2D eigenvalue weighted by atomic mass is 10.1. The Morgan fingerprint density at radius 1 is 0.914 bits per heavy atom. The number of halogens is 1. The standard InChI is InChI=1S/C28H27FN4O2/c1-20(31-15-17-32(18-16-31)27(34)22-11-5-7-13-24(22)29)26-30-25-14-8-6-12-23(25)28(35)33(26)19-21-9-3-2-4-10-21/h2-14,20H,15-19H2,1H3. The number of carbonyl (C=O) groups is 1. The molecule has 178 valence electrons. The number of nitrogens with zero attached hydrogens (tertiary/aromatic N) is 4. The maximum Gasteiger partial charge on any atom is 0.261 e. The lowest BCUT2D eigenvalue weighted by Crippen LogP contribution is -2.50. The van der Waals surface area contributed by atoms with Crippen molar-refractivity contribution in [1.29, 1.82) is 0 Å². The van der Waals surface area contributed by atoms with E-state index < -0.39 is 5.82 Å². The molecule has 1 unspecified atom stereocenters. The predicted octanol–water partition coefficient (Wildman–Crippen LogP) is 4.10. The van der Waals surface area contributed by atoms with Crippen LogP contribution in [0.25, 0.3) is 10.9 Å². The molecular weight excluding hydrogens is 443 g/mol. The molecule has 1 saturated heterocycles. The second-order valence-corrected chi connectivity index (χ2v) is 8.85. The number of piperazine rings is 1.